The highest BCUT2D eigenvalue weighted by Gasteiger charge is 2.30. The van der Waals surface area contributed by atoms with Crippen molar-refractivity contribution in [3.63, 3.8) is 0 Å². The van der Waals surface area contributed by atoms with Crippen LogP contribution >= 0.6 is 0 Å². The van der Waals surface area contributed by atoms with Crippen LogP contribution in [-0.2, 0) is 23.0 Å². The molecule has 1 aliphatic heterocycles. The van der Waals surface area contributed by atoms with Crippen molar-refractivity contribution in [1.29, 1.82) is 0 Å². The first-order chi connectivity index (χ1) is 14.9. The molecule has 0 atom stereocenters. The molecular formula is C22H23N3O5S. The quantitative estimate of drug-likeness (QED) is 0.631. The van der Waals surface area contributed by atoms with E-state index in [0.717, 1.165) is 0 Å². The summed E-state index contributed by atoms with van der Waals surface area (Å²) in [5.41, 5.74) is 1.46. The van der Waals surface area contributed by atoms with Crippen molar-refractivity contribution in [1.82, 2.24) is 14.3 Å². The summed E-state index contributed by atoms with van der Waals surface area (Å²) in [6, 6.07) is 13.5. The normalized spacial score (nSPS) is 14.1. The first-order valence-corrected chi connectivity index (χ1v) is 11.4. The Morgan fingerprint density at radius 2 is 1.74 bits per heavy atom. The van der Waals surface area contributed by atoms with Crippen LogP contribution in [0, 0.1) is 0 Å². The third kappa shape index (κ3) is 4.19. The number of sulfonamides is 1. The number of H-pyrrole nitrogens is 1. The molecule has 0 radical (unpaired) electrons. The van der Waals surface area contributed by atoms with Gasteiger partial charge in [0.05, 0.1) is 30.9 Å². The third-order valence-electron chi connectivity index (χ3n) is 5.17. The van der Waals surface area contributed by atoms with Gasteiger partial charge in [-0.2, -0.15) is 4.31 Å². The molecule has 0 fully saturated rings. The van der Waals surface area contributed by atoms with E-state index in [4.69, 9.17) is 9.47 Å². The van der Waals surface area contributed by atoms with E-state index in [2.05, 4.69) is 9.97 Å². The van der Waals surface area contributed by atoms with E-state index in [1.165, 1.54) is 16.4 Å². The molecule has 3 aromatic rings. The van der Waals surface area contributed by atoms with E-state index in [1.54, 1.807) is 43.5 Å². The Labute approximate surface area is 180 Å². The molecule has 1 aliphatic rings. The van der Waals surface area contributed by atoms with Crippen molar-refractivity contribution in [2.45, 2.75) is 24.8 Å². The number of hydrogen-bond donors (Lipinski definition) is 1. The molecule has 0 aliphatic carbocycles. The topological polar surface area (TPSA) is 102 Å². The van der Waals surface area contributed by atoms with Gasteiger partial charge in [0, 0.05) is 17.7 Å². The van der Waals surface area contributed by atoms with Gasteiger partial charge in [-0.3, -0.25) is 4.79 Å². The lowest BCUT2D eigenvalue weighted by Crippen LogP contribution is -2.39. The van der Waals surface area contributed by atoms with E-state index in [-0.39, 0.29) is 23.5 Å². The van der Waals surface area contributed by atoms with Gasteiger partial charge in [0.2, 0.25) is 10.0 Å². The minimum absolute atomic E-state index is 0.0396. The molecule has 0 saturated heterocycles. The van der Waals surface area contributed by atoms with Gasteiger partial charge in [-0.1, -0.05) is 0 Å². The zero-order valence-corrected chi connectivity index (χ0v) is 18.1. The molecule has 0 spiro atoms. The minimum Gasteiger partial charge on any atom is -0.497 e. The highest BCUT2D eigenvalue weighted by atomic mass is 32.2. The molecule has 31 heavy (non-hydrogen) atoms. The summed E-state index contributed by atoms with van der Waals surface area (Å²) in [5, 5.41) is 0. The average molecular weight is 442 g/mol. The average Bonchev–Trinajstić information content (AvgIpc) is 2.79. The van der Waals surface area contributed by atoms with Gasteiger partial charge in [-0.05, 0) is 61.9 Å². The third-order valence-corrected chi connectivity index (χ3v) is 7.03. The van der Waals surface area contributed by atoms with Crippen molar-refractivity contribution in [3.05, 3.63) is 70.1 Å². The second-order valence-electron chi connectivity index (χ2n) is 7.06. The molecule has 0 bridgehead atoms. The van der Waals surface area contributed by atoms with Gasteiger partial charge in [0.15, 0.2) is 0 Å². The first-order valence-electron chi connectivity index (χ1n) is 9.92. The molecule has 1 aromatic heterocycles. The fourth-order valence-electron chi connectivity index (χ4n) is 3.53. The second kappa shape index (κ2) is 8.52. The van der Waals surface area contributed by atoms with Crippen LogP contribution < -0.4 is 15.0 Å². The number of rotatable bonds is 6. The SMILES string of the molecule is CCOc1ccc(S(=O)(=O)N2CCc3c(nc(-c4ccc(OC)cc4)[nH]c3=O)C2)cc1. The van der Waals surface area contributed by atoms with E-state index >= 15 is 0 Å². The van der Waals surface area contributed by atoms with Crippen LogP contribution in [-0.4, -0.2) is 43.0 Å². The number of nitrogens with one attached hydrogen (secondary N) is 1. The zero-order valence-electron chi connectivity index (χ0n) is 17.3. The molecule has 0 saturated carbocycles. The summed E-state index contributed by atoms with van der Waals surface area (Å²) in [4.78, 5) is 20.2. The van der Waals surface area contributed by atoms with E-state index < -0.39 is 10.0 Å². The molecule has 1 N–H and O–H groups in total. The lowest BCUT2D eigenvalue weighted by molar-refractivity contribution is 0.340. The Morgan fingerprint density at radius 1 is 1.06 bits per heavy atom. The minimum atomic E-state index is -3.73. The monoisotopic (exact) mass is 441 g/mol. The molecule has 162 valence electrons. The molecule has 0 amide bonds. The Bertz CT molecular complexity index is 1240. The predicted molar refractivity (Wildman–Crippen MR) is 116 cm³/mol. The number of benzene rings is 2. The zero-order chi connectivity index (χ0) is 22.0. The van der Waals surface area contributed by atoms with Crippen LogP contribution in [0.15, 0.2) is 58.2 Å². The van der Waals surface area contributed by atoms with Gasteiger partial charge < -0.3 is 14.5 Å². The number of hydrogen-bond acceptors (Lipinski definition) is 6. The molecular weight excluding hydrogens is 418 g/mol. The summed E-state index contributed by atoms with van der Waals surface area (Å²) in [5.74, 6) is 1.70. The standard InChI is InChI=1S/C22H23N3O5S/c1-3-30-17-8-10-18(11-9-17)31(27,28)25-13-12-19-20(14-25)23-21(24-22(19)26)15-4-6-16(29-2)7-5-15/h4-11H,3,12-14H2,1-2H3,(H,23,24,26). The summed E-state index contributed by atoms with van der Waals surface area (Å²) in [7, 11) is -2.15. The van der Waals surface area contributed by atoms with Gasteiger partial charge in [-0.15, -0.1) is 0 Å². The van der Waals surface area contributed by atoms with Gasteiger partial charge in [0.1, 0.15) is 17.3 Å². The molecule has 2 heterocycles. The Balaban J connectivity index is 1.63. The van der Waals surface area contributed by atoms with Gasteiger partial charge >= 0.3 is 0 Å². The smallest absolute Gasteiger partial charge is 0.254 e. The summed E-state index contributed by atoms with van der Waals surface area (Å²) in [6.45, 7) is 2.63. The van der Waals surface area contributed by atoms with Crippen LogP contribution in [0.5, 0.6) is 11.5 Å². The predicted octanol–water partition coefficient (Wildman–Crippen LogP) is 2.59. The second-order valence-corrected chi connectivity index (χ2v) is 9.00. The van der Waals surface area contributed by atoms with E-state index in [0.29, 0.717) is 47.2 Å². The van der Waals surface area contributed by atoms with Crippen LogP contribution in [0.2, 0.25) is 0 Å². The van der Waals surface area contributed by atoms with Crippen LogP contribution in [0.25, 0.3) is 11.4 Å². The lowest BCUT2D eigenvalue weighted by atomic mass is 10.1. The van der Waals surface area contributed by atoms with Crippen molar-refractivity contribution < 1.29 is 17.9 Å². The number of nitrogens with zero attached hydrogens (tertiary/aromatic N) is 2. The highest BCUT2D eigenvalue weighted by molar-refractivity contribution is 7.89. The van der Waals surface area contributed by atoms with Crippen LogP contribution in [0.3, 0.4) is 0 Å². The molecule has 2 aromatic carbocycles. The van der Waals surface area contributed by atoms with Crippen molar-refractivity contribution in [3.8, 4) is 22.9 Å². The van der Waals surface area contributed by atoms with Gasteiger partial charge in [-0.25, -0.2) is 13.4 Å². The fraction of sp³-hybridized carbons (Fsp3) is 0.273. The Morgan fingerprint density at radius 3 is 2.39 bits per heavy atom. The molecule has 0 unspecified atom stereocenters. The fourth-order valence-corrected chi connectivity index (χ4v) is 4.93. The molecule has 8 nitrogen and oxygen atoms in total. The number of ether oxygens (including phenoxy) is 2. The number of aromatic nitrogens is 2. The number of methoxy groups -OCH3 is 1. The van der Waals surface area contributed by atoms with Crippen LogP contribution in [0.1, 0.15) is 18.2 Å². The maximum absolute atomic E-state index is 13.1. The first kappa shape index (κ1) is 21.1. The van der Waals surface area contributed by atoms with Crippen molar-refractivity contribution >= 4 is 10.0 Å². The number of fused-ring (bicyclic) bond motifs is 1. The lowest BCUT2D eigenvalue weighted by Gasteiger charge is -2.27. The summed E-state index contributed by atoms with van der Waals surface area (Å²) in [6.07, 6.45) is 0.302. The van der Waals surface area contributed by atoms with Crippen molar-refractivity contribution in [2.24, 2.45) is 0 Å². The maximum Gasteiger partial charge on any atom is 0.254 e. The molecule has 4 rings (SSSR count). The Kier molecular flexibility index (Phi) is 5.79. The Hall–Kier alpha value is -3.17. The summed E-state index contributed by atoms with van der Waals surface area (Å²) >= 11 is 0. The largest absolute Gasteiger partial charge is 0.497 e. The highest BCUT2D eigenvalue weighted by Crippen LogP contribution is 2.26. The number of aromatic amines is 1. The van der Waals surface area contributed by atoms with Crippen molar-refractivity contribution in [2.75, 3.05) is 20.3 Å². The molecule has 9 heteroatoms. The van der Waals surface area contributed by atoms with E-state index in [1.807, 2.05) is 6.92 Å². The van der Waals surface area contributed by atoms with E-state index in [9.17, 15) is 13.2 Å². The maximum atomic E-state index is 13.1. The van der Waals surface area contributed by atoms with Crippen LogP contribution in [0.4, 0.5) is 0 Å². The van der Waals surface area contributed by atoms with Gasteiger partial charge in [0.25, 0.3) is 5.56 Å². The summed E-state index contributed by atoms with van der Waals surface area (Å²) < 4.78 is 38.2.